The van der Waals surface area contributed by atoms with Crippen molar-refractivity contribution in [2.75, 3.05) is 13.0 Å². The SMILES string of the molecule is COC([CH]c1ccccc1)/C=C/CCl. The molecular weight excluding hydrogens is 196 g/mol. The second-order valence-corrected chi connectivity index (χ2v) is 3.17. The van der Waals surface area contributed by atoms with Crippen LogP contribution in [0, 0.1) is 6.42 Å². The molecule has 0 heterocycles. The maximum Gasteiger partial charge on any atom is 0.0827 e. The smallest absolute Gasteiger partial charge is 0.0827 e. The first-order valence-electron chi connectivity index (χ1n) is 4.52. The molecule has 1 rings (SSSR count). The quantitative estimate of drug-likeness (QED) is 0.535. The van der Waals surface area contributed by atoms with Gasteiger partial charge in [-0.05, 0) is 5.56 Å². The number of allylic oxidation sites excluding steroid dienone is 1. The zero-order chi connectivity index (χ0) is 10.2. The third-order valence-corrected chi connectivity index (χ3v) is 2.02. The van der Waals surface area contributed by atoms with E-state index in [9.17, 15) is 0 Å². The minimum absolute atomic E-state index is 0.00356. The molecule has 0 aromatic heterocycles. The molecule has 14 heavy (non-hydrogen) atoms. The van der Waals surface area contributed by atoms with E-state index in [1.54, 1.807) is 7.11 Å². The molecule has 1 nitrogen and oxygen atoms in total. The maximum absolute atomic E-state index is 5.55. The molecule has 2 heteroatoms. The molecular formula is C12H14ClO. The van der Waals surface area contributed by atoms with E-state index in [1.165, 1.54) is 0 Å². The summed E-state index contributed by atoms with van der Waals surface area (Å²) >= 11 is 5.55. The summed E-state index contributed by atoms with van der Waals surface area (Å²) in [4.78, 5) is 0. The highest BCUT2D eigenvalue weighted by Crippen LogP contribution is 2.08. The van der Waals surface area contributed by atoms with Crippen LogP contribution in [0.25, 0.3) is 0 Å². The number of hydrogen-bond acceptors (Lipinski definition) is 1. The van der Waals surface area contributed by atoms with Crippen LogP contribution in [-0.4, -0.2) is 19.1 Å². The lowest BCUT2D eigenvalue weighted by Gasteiger charge is -2.09. The van der Waals surface area contributed by atoms with E-state index in [0.29, 0.717) is 5.88 Å². The van der Waals surface area contributed by atoms with E-state index in [-0.39, 0.29) is 6.10 Å². The summed E-state index contributed by atoms with van der Waals surface area (Å²) in [6.45, 7) is 0. The Bertz CT molecular complexity index is 269. The van der Waals surface area contributed by atoms with Gasteiger partial charge in [0.05, 0.1) is 6.10 Å². The van der Waals surface area contributed by atoms with Gasteiger partial charge in [-0.1, -0.05) is 42.5 Å². The number of ether oxygens (including phenoxy) is 1. The Labute approximate surface area is 90.3 Å². The number of alkyl halides is 1. The number of benzene rings is 1. The summed E-state index contributed by atoms with van der Waals surface area (Å²) in [6.07, 6.45) is 5.87. The average Bonchev–Trinajstić information content (AvgIpc) is 2.25. The topological polar surface area (TPSA) is 9.23 Å². The second-order valence-electron chi connectivity index (χ2n) is 2.86. The molecule has 0 amide bonds. The standard InChI is InChI=1S/C12H14ClO/c1-14-12(8-5-9-13)10-11-6-3-2-4-7-11/h2-8,10,12H,9H2,1H3/b8-5+. The van der Waals surface area contributed by atoms with Crippen molar-refractivity contribution >= 4 is 11.6 Å². The Hall–Kier alpha value is -0.790. The van der Waals surface area contributed by atoms with Gasteiger partial charge in [-0.2, -0.15) is 0 Å². The fraction of sp³-hybridized carbons (Fsp3) is 0.250. The molecule has 75 valence electrons. The first-order valence-corrected chi connectivity index (χ1v) is 5.05. The Balaban J connectivity index is 2.53. The highest BCUT2D eigenvalue weighted by atomic mass is 35.5. The van der Waals surface area contributed by atoms with Crippen LogP contribution < -0.4 is 0 Å². The van der Waals surface area contributed by atoms with E-state index in [1.807, 2.05) is 48.9 Å². The van der Waals surface area contributed by atoms with Gasteiger partial charge in [-0.15, -0.1) is 11.6 Å². The van der Waals surface area contributed by atoms with E-state index in [4.69, 9.17) is 16.3 Å². The highest BCUT2D eigenvalue weighted by Gasteiger charge is 2.03. The number of methoxy groups -OCH3 is 1. The monoisotopic (exact) mass is 209 g/mol. The summed E-state index contributed by atoms with van der Waals surface area (Å²) in [5, 5.41) is 0. The van der Waals surface area contributed by atoms with Gasteiger partial charge in [0, 0.05) is 19.4 Å². The summed E-state index contributed by atoms with van der Waals surface area (Å²) < 4.78 is 5.26. The fourth-order valence-electron chi connectivity index (χ4n) is 1.14. The van der Waals surface area contributed by atoms with E-state index < -0.39 is 0 Å². The molecule has 0 aliphatic rings. The molecule has 0 bridgehead atoms. The molecule has 1 aromatic carbocycles. The van der Waals surface area contributed by atoms with Gasteiger partial charge in [-0.25, -0.2) is 0 Å². The van der Waals surface area contributed by atoms with Gasteiger partial charge >= 0.3 is 0 Å². The third-order valence-electron chi connectivity index (χ3n) is 1.84. The van der Waals surface area contributed by atoms with Crippen LogP contribution in [0.3, 0.4) is 0 Å². The highest BCUT2D eigenvalue weighted by molar-refractivity contribution is 6.18. The predicted molar refractivity (Wildman–Crippen MR) is 60.5 cm³/mol. The summed E-state index contributed by atoms with van der Waals surface area (Å²) in [5.74, 6) is 0.516. The molecule has 0 spiro atoms. The molecule has 0 fully saturated rings. The lowest BCUT2D eigenvalue weighted by molar-refractivity contribution is 0.168. The van der Waals surface area contributed by atoms with Gasteiger partial charge in [0.15, 0.2) is 0 Å². The Morgan fingerprint density at radius 2 is 2.07 bits per heavy atom. The minimum Gasteiger partial charge on any atom is -0.377 e. The molecule has 1 aromatic rings. The summed E-state index contributed by atoms with van der Waals surface area (Å²) in [6, 6.07) is 10.1. The number of halogens is 1. The van der Waals surface area contributed by atoms with E-state index >= 15 is 0 Å². The van der Waals surface area contributed by atoms with Crippen LogP contribution in [-0.2, 0) is 4.74 Å². The van der Waals surface area contributed by atoms with Gasteiger partial charge in [-0.3, -0.25) is 0 Å². The lowest BCUT2D eigenvalue weighted by atomic mass is 10.1. The van der Waals surface area contributed by atoms with Crippen molar-refractivity contribution in [3.63, 3.8) is 0 Å². The van der Waals surface area contributed by atoms with Crippen LogP contribution in [0.1, 0.15) is 5.56 Å². The molecule has 0 aliphatic heterocycles. The van der Waals surface area contributed by atoms with Crippen molar-refractivity contribution < 1.29 is 4.74 Å². The van der Waals surface area contributed by atoms with Crippen molar-refractivity contribution in [3.8, 4) is 0 Å². The van der Waals surface area contributed by atoms with Crippen molar-refractivity contribution in [1.82, 2.24) is 0 Å². The van der Waals surface area contributed by atoms with Crippen molar-refractivity contribution in [3.05, 3.63) is 54.5 Å². The van der Waals surface area contributed by atoms with Crippen LogP contribution in [0.15, 0.2) is 42.5 Å². The zero-order valence-electron chi connectivity index (χ0n) is 8.19. The predicted octanol–water partition coefficient (Wildman–Crippen LogP) is 3.05. The molecule has 1 unspecified atom stereocenters. The van der Waals surface area contributed by atoms with Gasteiger partial charge in [0.1, 0.15) is 0 Å². The van der Waals surface area contributed by atoms with Crippen molar-refractivity contribution in [2.45, 2.75) is 6.10 Å². The second kappa shape index (κ2) is 6.63. The normalized spacial score (nSPS) is 13.3. The van der Waals surface area contributed by atoms with Crippen LogP contribution in [0.2, 0.25) is 0 Å². The number of rotatable bonds is 5. The fourth-order valence-corrected chi connectivity index (χ4v) is 1.24. The average molecular weight is 210 g/mol. The summed E-state index contributed by atoms with van der Waals surface area (Å²) in [5.41, 5.74) is 1.15. The Morgan fingerprint density at radius 1 is 1.36 bits per heavy atom. The molecule has 1 atom stereocenters. The first-order chi connectivity index (χ1) is 6.86. The number of hydrogen-bond donors (Lipinski definition) is 0. The largest absolute Gasteiger partial charge is 0.377 e. The van der Waals surface area contributed by atoms with Gasteiger partial charge in [0.25, 0.3) is 0 Å². The van der Waals surface area contributed by atoms with Crippen molar-refractivity contribution in [2.24, 2.45) is 0 Å². The molecule has 0 N–H and O–H groups in total. The minimum atomic E-state index is -0.00356. The Kier molecular flexibility index (Phi) is 5.35. The van der Waals surface area contributed by atoms with E-state index in [2.05, 4.69) is 0 Å². The van der Waals surface area contributed by atoms with E-state index in [0.717, 1.165) is 5.56 Å². The maximum atomic E-state index is 5.55. The molecule has 0 saturated carbocycles. The third kappa shape index (κ3) is 3.95. The van der Waals surface area contributed by atoms with Crippen LogP contribution in [0.4, 0.5) is 0 Å². The molecule has 1 radical (unpaired) electrons. The van der Waals surface area contributed by atoms with Crippen LogP contribution >= 0.6 is 11.6 Å². The lowest BCUT2D eigenvalue weighted by Crippen LogP contribution is -2.08. The zero-order valence-corrected chi connectivity index (χ0v) is 8.95. The Morgan fingerprint density at radius 3 is 2.64 bits per heavy atom. The van der Waals surface area contributed by atoms with Crippen molar-refractivity contribution in [1.29, 1.82) is 0 Å². The van der Waals surface area contributed by atoms with Crippen LogP contribution in [0.5, 0.6) is 0 Å². The summed E-state index contributed by atoms with van der Waals surface area (Å²) in [7, 11) is 1.68. The van der Waals surface area contributed by atoms with Gasteiger partial charge < -0.3 is 4.74 Å². The molecule has 0 saturated heterocycles. The van der Waals surface area contributed by atoms with Gasteiger partial charge in [0.2, 0.25) is 0 Å². The molecule has 0 aliphatic carbocycles. The first kappa shape index (κ1) is 11.3.